The second-order valence-corrected chi connectivity index (χ2v) is 5.89. The Kier molecular flexibility index (Phi) is 5.19. The molecule has 0 aliphatic heterocycles. The lowest BCUT2D eigenvalue weighted by atomic mass is 10.3. The van der Waals surface area contributed by atoms with Gasteiger partial charge in [-0.15, -0.1) is 0 Å². The lowest BCUT2D eigenvalue weighted by Crippen LogP contribution is -2.21. The molecule has 0 aliphatic rings. The van der Waals surface area contributed by atoms with Gasteiger partial charge in [-0.05, 0) is 36.7 Å². The largest absolute Gasteiger partial charge is 0.364 e. The van der Waals surface area contributed by atoms with Crippen LogP contribution in [0.1, 0.15) is 35.2 Å². The molecule has 2 aromatic heterocycles. The molecule has 3 N–H and O–H groups in total. The molecular weight excluding hydrogens is 364 g/mol. The van der Waals surface area contributed by atoms with E-state index in [9.17, 15) is 9.59 Å². The molecule has 0 radical (unpaired) electrons. The molecule has 0 aliphatic carbocycles. The Labute approximate surface area is 142 Å². The summed E-state index contributed by atoms with van der Waals surface area (Å²) >= 11 is 3.45. The van der Waals surface area contributed by atoms with Gasteiger partial charge in [-0.1, -0.05) is 0 Å². The number of nitrogens with one attached hydrogen (secondary N) is 1. The lowest BCUT2D eigenvalue weighted by Gasteiger charge is -2.07. The number of carbonyl (C=O) groups excluding carboxylic acids is 2. The molecule has 0 fully saturated rings. The molecule has 2 rings (SSSR count). The van der Waals surface area contributed by atoms with Crippen LogP contribution in [0.5, 0.6) is 0 Å². The molecule has 0 spiro atoms. The number of rotatable bonds is 6. The highest BCUT2D eigenvalue weighted by atomic mass is 79.9. The summed E-state index contributed by atoms with van der Waals surface area (Å²) in [6.45, 7) is 6.60. The summed E-state index contributed by atoms with van der Waals surface area (Å²) in [5, 5.41) is 11.1. The summed E-state index contributed by atoms with van der Waals surface area (Å²) in [4.78, 5) is 23.6. The van der Waals surface area contributed by atoms with Crippen LogP contribution >= 0.6 is 15.9 Å². The molecule has 2 amide bonds. The van der Waals surface area contributed by atoms with Crippen LogP contribution in [-0.4, -0.2) is 31.4 Å². The Morgan fingerprint density at radius 1 is 1.35 bits per heavy atom. The van der Waals surface area contributed by atoms with Crippen molar-refractivity contribution in [3.05, 3.63) is 27.8 Å². The first-order chi connectivity index (χ1) is 10.8. The van der Waals surface area contributed by atoms with Gasteiger partial charge < -0.3 is 11.1 Å². The van der Waals surface area contributed by atoms with Crippen molar-refractivity contribution in [1.82, 2.24) is 19.6 Å². The molecule has 0 saturated heterocycles. The van der Waals surface area contributed by atoms with Crippen molar-refractivity contribution < 1.29 is 9.59 Å². The van der Waals surface area contributed by atoms with E-state index in [0.29, 0.717) is 18.8 Å². The maximum Gasteiger partial charge on any atom is 0.269 e. The highest BCUT2D eigenvalue weighted by molar-refractivity contribution is 9.10. The SMILES string of the molecule is CCn1ncc(NC(=O)CCn2nc(C)c(Br)c2C)c1C(N)=O. The van der Waals surface area contributed by atoms with Gasteiger partial charge in [-0.25, -0.2) is 0 Å². The molecule has 0 unspecified atom stereocenters. The van der Waals surface area contributed by atoms with Crippen molar-refractivity contribution in [1.29, 1.82) is 0 Å². The molecule has 0 aromatic carbocycles. The fraction of sp³-hybridized carbons (Fsp3) is 0.429. The molecule has 0 atom stereocenters. The molecule has 124 valence electrons. The van der Waals surface area contributed by atoms with Crippen LogP contribution in [-0.2, 0) is 17.9 Å². The highest BCUT2D eigenvalue weighted by Crippen LogP contribution is 2.20. The Bertz CT molecular complexity index is 749. The van der Waals surface area contributed by atoms with Crippen LogP contribution in [0.3, 0.4) is 0 Å². The smallest absolute Gasteiger partial charge is 0.269 e. The maximum absolute atomic E-state index is 12.1. The van der Waals surface area contributed by atoms with E-state index in [2.05, 4.69) is 31.4 Å². The third kappa shape index (κ3) is 3.61. The zero-order chi connectivity index (χ0) is 17.1. The van der Waals surface area contributed by atoms with Crippen LogP contribution in [0.15, 0.2) is 10.7 Å². The van der Waals surface area contributed by atoms with Gasteiger partial charge in [-0.3, -0.25) is 19.0 Å². The van der Waals surface area contributed by atoms with E-state index in [-0.39, 0.29) is 18.0 Å². The standard InChI is InChI=1S/C14H19BrN6O2/c1-4-20-13(14(16)23)10(7-17-20)18-11(22)5-6-21-9(3)12(15)8(2)19-21/h7H,4-6H2,1-3H3,(H2,16,23)(H,18,22). The van der Waals surface area contributed by atoms with Gasteiger partial charge in [0.15, 0.2) is 0 Å². The average molecular weight is 383 g/mol. The molecule has 2 heterocycles. The van der Waals surface area contributed by atoms with Crippen molar-refractivity contribution in [3.63, 3.8) is 0 Å². The van der Waals surface area contributed by atoms with E-state index in [1.54, 1.807) is 4.68 Å². The minimum absolute atomic E-state index is 0.203. The number of nitrogens with two attached hydrogens (primary N) is 1. The predicted molar refractivity (Wildman–Crippen MR) is 89.1 cm³/mol. The van der Waals surface area contributed by atoms with E-state index < -0.39 is 5.91 Å². The van der Waals surface area contributed by atoms with Crippen molar-refractivity contribution >= 4 is 33.4 Å². The number of nitrogens with zero attached hydrogens (tertiary/aromatic N) is 4. The molecule has 9 heteroatoms. The van der Waals surface area contributed by atoms with Gasteiger partial charge in [0, 0.05) is 18.7 Å². The molecular formula is C14H19BrN6O2. The van der Waals surface area contributed by atoms with Crippen LogP contribution in [0.4, 0.5) is 5.69 Å². The Balaban J connectivity index is 2.04. The van der Waals surface area contributed by atoms with E-state index in [1.165, 1.54) is 10.9 Å². The minimum Gasteiger partial charge on any atom is -0.364 e. The van der Waals surface area contributed by atoms with E-state index in [0.717, 1.165) is 15.9 Å². The number of halogens is 1. The van der Waals surface area contributed by atoms with Gasteiger partial charge in [0.1, 0.15) is 5.69 Å². The third-order valence-electron chi connectivity index (χ3n) is 3.49. The number of hydrogen-bond acceptors (Lipinski definition) is 4. The number of hydrogen-bond donors (Lipinski definition) is 2. The van der Waals surface area contributed by atoms with Crippen molar-refractivity contribution in [2.45, 2.75) is 40.3 Å². The number of aromatic nitrogens is 4. The Hall–Kier alpha value is -2.16. The first-order valence-corrected chi connectivity index (χ1v) is 7.99. The number of aryl methyl sites for hydroxylation is 3. The quantitative estimate of drug-likeness (QED) is 0.790. The van der Waals surface area contributed by atoms with Crippen LogP contribution in [0.25, 0.3) is 0 Å². The Morgan fingerprint density at radius 3 is 2.57 bits per heavy atom. The zero-order valence-electron chi connectivity index (χ0n) is 13.3. The van der Waals surface area contributed by atoms with E-state index >= 15 is 0 Å². The van der Waals surface area contributed by atoms with Crippen LogP contribution < -0.4 is 11.1 Å². The first-order valence-electron chi connectivity index (χ1n) is 7.20. The summed E-state index contributed by atoms with van der Waals surface area (Å²) in [6.07, 6.45) is 1.66. The lowest BCUT2D eigenvalue weighted by molar-refractivity contribution is -0.116. The number of carbonyl (C=O) groups is 2. The van der Waals surface area contributed by atoms with Gasteiger partial charge in [0.05, 0.1) is 28.6 Å². The summed E-state index contributed by atoms with van der Waals surface area (Å²) in [5.41, 5.74) is 7.72. The third-order valence-corrected chi connectivity index (χ3v) is 4.64. The first kappa shape index (κ1) is 17.2. The summed E-state index contributed by atoms with van der Waals surface area (Å²) in [5.74, 6) is -0.853. The van der Waals surface area contributed by atoms with Gasteiger partial charge >= 0.3 is 0 Å². The van der Waals surface area contributed by atoms with Crippen molar-refractivity contribution in [3.8, 4) is 0 Å². The normalized spacial score (nSPS) is 10.8. The molecule has 8 nitrogen and oxygen atoms in total. The monoisotopic (exact) mass is 382 g/mol. The molecule has 23 heavy (non-hydrogen) atoms. The maximum atomic E-state index is 12.1. The zero-order valence-corrected chi connectivity index (χ0v) is 14.8. The highest BCUT2D eigenvalue weighted by Gasteiger charge is 2.17. The molecule has 2 aromatic rings. The number of primary amides is 1. The fourth-order valence-electron chi connectivity index (χ4n) is 2.29. The molecule has 0 bridgehead atoms. The van der Waals surface area contributed by atoms with Crippen molar-refractivity contribution in [2.75, 3.05) is 5.32 Å². The number of amides is 2. The summed E-state index contributed by atoms with van der Waals surface area (Å²) < 4.78 is 4.16. The van der Waals surface area contributed by atoms with Gasteiger partial charge in [0.25, 0.3) is 5.91 Å². The topological polar surface area (TPSA) is 108 Å². The van der Waals surface area contributed by atoms with Crippen molar-refractivity contribution in [2.24, 2.45) is 5.73 Å². The van der Waals surface area contributed by atoms with E-state index in [4.69, 9.17) is 5.73 Å². The second kappa shape index (κ2) is 6.95. The minimum atomic E-state index is -0.623. The summed E-state index contributed by atoms with van der Waals surface area (Å²) in [6, 6.07) is 0. The number of anilines is 1. The molecule has 0 saturated carbocycles. The fourth-order valence-corrected chi connectivity index (χ4v) is 2.57. The van der Waals surface area contributed by atoms with Gasteiger partial charge in [0.2, 0.25) is 5.91 Å². The van der Waals surface area contributed by atoms with Crippen LogP contribution in [0, 0.1) is 13.8 Å². The average Bonchev–Trinajstić information content (AvgIpc) is 3.01. The Morgan fingerprint density at radius 2 is 2.04 bits per heavy atom. The summed E-state index contributed by atoms with van der Waals surface area (Å²) in [7, 11) is 0. The second-order valence-electron chi connectivity index (χ2n) is 5.09. The van der Waals surface area contributed by atoms with Crippen LogP contribution in [0.2, 0.25) is 0 Å². The van der Waals surface area contributed by atoms with Gasteiger partial charge in [-0.2, -0.15) is 10.2 Å². The van der Waals surface area contributed by atoms with E-state index in [1.807, 2.05) is 20.8 Å². The predicted octanol–water partition coefficient (Wildman–Crippen LogP) is 1.61.